The molecule has 0 aliphatic carbocycles. The molecule has 2 unspecified atom stereocenters. The molecule has 0 fully saturated rings. The van der Waals surface area contributed by atoms with Crippen LogP contribution in [0.3, 0.4) is 0 Å². The number of nitrogens with one attached hydrogen (secondary N) is 2. The van der Waals surface area contributed by atoms with Gasteiger partial charge < -0.3 is 34.3 Å². The van der Waals surface area contributed by atoms with Gasteiger partial charge in [0.25, 0.3) is 10.0 Å². The van der Waals surface area contributed by atoms with Gasteiger partial charge in [-0.3, -0.25) is 9.59 Å². The van der Waals surface area contributed by atoms with Gasteiger partial charge in [0.05, 0.1) is 52.5 Å². The first-order valence-electron chi connectivity index (χ1n) is 22.6. The third-order valence-electron chi connectivity index (χ3n) is 12.0. The molecule has 20 heteroatoms. The van der Waals surface area contributed by atoms with Crippen LogP contribution >= 0.6 is 50.5 Å². The molecular weight excluding hydrogens is 1070 g/mol. The first kappa shape index (κ1) is 52.3. The maximum atomic E-state index is 15.0. The van der Waals surface area contributed by atoms with Gasteiger partial charge in [0, 0.05) is 19.5 Å². The van der Waals surface area contributed by atoms with Crippen LogP contribution in [-0.4, -0.2) is 85.8 Å². The van der Waals surface area contributed by atoms with Gasteiger partial charge in [0.2, 0.25) is 5.91 Å². The number of halogens is 3. The number of sulfonamides is 1. The van der Waals surface area contributed by atoms with E-state index < -0.39 is 44.9 Å². The predicted molar refractivity (Wildman–Crippen MR) is 277 cm³/mol. The average molecular weight is 1120 g/mol. The lowest BCUT2D eigenvalue weighted by molar-refractivity contribution is -0.145. The zero-order chi connectivity index (χ0) is 51.1. The van der Waals surface area contributed by atoms with Crippen molar-refractivity contribution in [2.75, 3.05) is 38.8 Å². The van der Waals surface area contributed by atoms with E-state index in [2.05, 4.69) is 37.6 Å². The van der Waals surface area contributed by atoms with Gasteiger partial charge in [-0.1, -0.05) is 105 Å². The second kappa shape index (κ2) is 23.2. The molecule has 1 aromatic heterocycles. The predicted octanol–water partition coefficient (Wildman–Crippen LogP) is 9.19. The summed E-state index contributed by atoms with van der Waals surface area (Å²) in [5.74, 6) is -0.0178. The number of ketones is 1. The Kier molecular flexibility index (Phi) is 16.9. The molecule has 5 aromatic carbocycles. The summed E-state index contributed by atoms with van der Waals surface area (Å²) in [6, 6.07) is 30.5. The summed E-state index contributed by atoms with van der Waals surface area (Å²) in [6.07, 6.45) is -0.518. The Morgan fingerprint density at radius 1 is 0.944 bits per heavy atom. The minimum atomic E-state index is -4.44. The number of methoxy groups -OCH3 is 1. The molecular formula is C52H48BrCl2N5O10S2. The molecule has 3 heterocycles. The van der Waals surface area contributed by atoms with Crippen LogP contribution in [-0.2, 0) is 59.9 Å². The Balaban J connectivity index is 1.02. The Morgan fingerprint density at radius 3 is 2.32 bits per heavy atom. The molecule has 2 N–H and O–H groups in total. The summed E-state index contributed by atoms with van der Waals surface area (Å²) in [6.45, 7) is 3.96. The van der Waals surface area contributed by atoms with Gasteiger partial charge in [0.1, 0.15) is 36.8 Å². The Bertz CT molecular complexity index is 3120. The summed E-state index contributed by atoms with van der Waals surface area (Å²) >= 11 is 16.4. The van der Waals surface area contributed by atoms with E-state index in [0.717, 1.165) is 37.9 Å². The number of amides is 1. The lowest BCUT2D eigenvalue weighted by Gasteiger charge is -2.36. The molecule has 8 rings (SSSR count). The highest BCUT2D eigenvalue weighted by Gasteiger charge is 2.43. The van der Waals surface area contributed by atoms with Crippen molar-refractivity contribution in [3.63, 3.8) is 0 Å². The maximum Gasteiger partial charge on any atom is 0.328 e. The minimum Gasteiger partial charge on any atom is -0.489 e. The van der Waals surface area contributed by atoms with E-state index in [0.29, 0.717) is 54.7 Å². The summed E-state index contributed by atoms with van der Waals surface area (Å²) in [4.78, 5) is 43.6. The van der Waals surface area contributed by atoms with Crippen LogP contribution in [0, 0.1) is 18.3 Å². The second-order valence-corrected chi connectivity index (χ2v) is 22.0. The first-order chi connectivity index (χ1) is 34.6. The summed E-state index contributed by atoms with van der Waals surface area (Å²) in [5, 5.41) is 16.4. The number of rotatable bonds is 19. The smallest absolute Gasteiger partial charge is 0.328 e. The average Bonchev–Trinajstić information content (AvgIpc) is 3.78. The number of fused-ring (bicyclic) bond motifs is 2. The number of hydrogen-bond acceptors (Lipinski definition) is 14. The molecule has 0 bridgehead atoms. The Morgan fingerprint density at radius 2 is 1.64 bits per heavy atom. The summed E-state index contributed by atoms with van der Waals surface area (Å²) in [7, 11) is -3.22. The summed E-state index contributed by atoms with van der Waals surface area (Å²) < 4.78 is 60.5. The number of alkyl halides is 1. The van der Waals surface area contributed by atoms with E-state index in [1.165, 1.54) is 14.0 Å². The van der Waals surface area contributed by atoms with Crippen molar-refractivity contribution in [1.29, 1.82) is 5.26 Å². The highest BCUT2D eigenvalue weighted by molar-refractivity contribution is 9.10. The molecule has 72 heavy (non-hydrogen) atoms. The normalized spacial score (nSPS) is 16.1. The van der Waals surface area contributed by atoms with Crippen molar-refractivity contribution in [3.05, 3.63) is 152 Å². The van der Waals surface area contributed by atoms with E-state index >= 15 is 0 Å². The van der Waals surface area contributed by atoms with E-state index in [4.69, 9.17) is 46.9 Å². The van der Waals surface area contributed by atoms with Crippen molar-refractivity contribution in [1.82, 2.24) is 14.6 Å². The lowest BCUT2D eigenvalue weighted by atomic mass is 9.93. The van der Waals surface area contributed by atoms with E-state index in [9.17, 15) is 28.1 Å². The standard InChI is InChI=1S/C52H48BrCl2N5O10S2/c1-30-51(71-52(58-30)57-18-19-67-28-41(53)31(2)61)72(64,65)60-26-39-24-47-46(69-29-48(70-47)37-13-15-40(16-14-37)68-27-34-8-17-42(54)43(55)20-34)23-38(39)22-45(60)49(62)59-44(50(63)66-3)21-32-4-9-35(10-5-32)36-11-6-33(25-56)7-12-36/h4-17,20,23-24,41,44-45,48H,18-19,21-22,26-29H2,1-3H3,(H,57,58)(H,59,62)/t41?,44-,45?,48+/m0/s1. The fourth-order valence-corrected chi connectivity index (χ4v) is 11.7. The minimum absolute atomic E-state index is 0.0498. The number of ether oxygens (including phenoxy) is 5. The van der Waals surface area contributed by atoms with Crippen molar-refractivity contribution >= 4 is 83.3 Å². The molecule has 15 nitrogen and oxygen atoms in total. The van der Waals surface area contributed by atoms with Crippen molar-refractivity contribution in [2.24, 2.45) is 0 Å². The quantitative estimate of drug-likeness (QED) is 0.0443. The van der Waals surface area contributed by atoms with Gasteiger partial charge in [-0.25, -0.2) is 18.2 Å². The van der Waals surface area contributed by atoms with Gasteiger partial charge in [-0.15, -0.1) is 0 Å². The molecule has 1 amide bonds. The van der Waals surface area contributed by atoms with Crippen LogP contribution in [0.15, 0.2) is 107 Å². The second-order valence-electron chi connectivity index (χ2n) is 17.0. The lowest BCUT2D eigenvalue weighted by Crippen LogP contribution is -2.56. The number of Topliss-reactive ketones (excluding diaryl/α,β-unsaturated/α-hetero) is 1. The maximum absolute atomic E-state index is 15.0. The highest BCUT2D eigenvalue weighted by atomic mass is 79.9. The number of esters is 1. The Hall–Kier alpha value is -6.04. The fourth-order valence-electron chi connectivity index (χ4n) is 8.09. The van der Waals surface area contributed by atoms with Crippen LogP contribution < -0.4 is 24.8 Å². The monoisotopic (exact) mass is 1120 g/mol. The molecule has 2 aliphatic heterocycles. The number of carbonyl (C=O) groups excluding carboxylic acids is 3. The van der Waals surface area contributed by atoms with Crippen molar-refractivity contribution < 1.29 is 46.5 Å². The molecule has 4 atom stereocenters. The van der Waals surface area contributed by atoms with Gasteiger partial charge in [-0.05, 0) is 108 Å². The molecule has 0 saturated carbocycles. The van der Waals surface area contributed by atoms with E-state index in [-0.39, 0.29) is 68.0 Å². The van der Waals surface area contributed by atoms with E-state index in [1.807, 2.05) is 66.7 Å². The van der Waals surface area contributed by atoms with Gasteiger partial charge in [0.15, 0.2) is 26.9 Å². The number of hydrogen-bond donors (Lipinski definition) is 2. The SMILES string of the molecule is COC(=O)[C@H](Cc1ccc(-c2ccc(C#N)cc2)cc1)NC(=O)C1Cc2cc3c(cc2CN1S(=O)(=O)c1sc(NCCOCC(Br)C(C)=O)nc1C)O[C@@H](c1ccc(OCc2ccc(Cl)c(Cl)c2)cc1)CO3. The number of thiazole rings is 1. The first-order valence-corrected chi connectivity index (χ1v) is 26.6. The largest absolute Gasteiger partial charge is 0.489 e. The number of nitriles is 1. The van der Waals surface area contributed by atoms with Gasteiger partial charge in [-0.2, -0.15) is 9.57 Å². The number of nitrogens with zero attached hydrogens (tertiary/aromatic N) is 3. The third-order valence-corrected chi connectivity index (χ3v) is 17.2. The zero-order valence-corrected chi connectivity index (χ0v) is 43.9. The highest BCUT2D eigenvalue weighted by Crippen LogP contribution is 2.43. The number of aryl methyl sites for hydroxylation is 1. The molecule has 374 valence electrons. The fraction of sp³-hybridized carbons (Fsp3) is 0.288. The van der Waals surface area contributed by atoms with Crippen LogP contribution in [0.2, 0.25) is 10.0 Å². The number of carbonyl (C=O) groups is 3. The molecule has 0 spiro atoms. The Labute approximate surface area is 439 Å². The van der Waals surface area contributed by atoms with Gasteiger partial charge >= 0.3 is 5.97 Å². The zero-order valence-electron chi connectivity index (χ0n) is 39.2. The molecule has 2 aliphatic rings. The van der Waals surface area contributed by atoms with Crippen molar-refractivity contribution in [2.45, 2.75) is 67.1 Å². The van der Waals surface area contributed by atoms with Crippen molar-refractivity contribution in [3.8, 4) is 34.4 Å². The molecule has 6 aromatic rings. The number of benzene rings is 5. The number of aromatic nitrogens is 1. The van der Waals surface area contributed by atoms with E-state index in [1.54, 1.807) is 43.3 Å². The molecule has 0 saturated heterocycles. The number of anilines is 1. The topological polar surface area (TPSA) is 195 Å². The van der Waals surface area contributed by atoms with Crippen LogP contribution in [0.4, 0.5) is 5.13 Å². The third kappa shape index (κ3) is 12.4. The van der Waals surface area contributed by atoms with Crippen LogP contribution in [0.25, 0.3) is 11.1 Å². The van der Waals surface area contributed by atoms with Crippen LogP contribution in [0.1, 0.15) is 52.1 Å². The molecule has 0 radical (unpaired) electrons. The van der Waals surface area contributed by atoms with Crippen LogP contribution in [0.5, 0.6) is 17.2 Å². The summed E-state index contributed by atoms with van der Waals surface area (Å²) in [5.41, 5.74) is 6.19.